The van der Waals surface area contributed by atoms with Gasteiger partial charge in [0, 0.05) is 0 Å². The van der Waals surface area contributed by atoms with Crippen molar-refractivity contribution in [1.82, 2.24) is 14.6 Å². The van der Waals surface area contributed by atoms with Crippen LogP contribution in [0.15, 0.2) is 18.5 Å². The van der Waals surface area contributed by atoms with Crippen LogP contribution < -0.4 is 5.73 Å². The first-order valence-electron chi connectivity index (χ1n) is 3.65. The van der Waals surface area contributed by atoms with Crippen LogP contribution in [0.5, 0.6) is 0 Å². The molecule has 2 rings (SSSR count). The molecule has 0 spiro atoms. The van der Waals surface area contributed by atoms with E-state index in [1.807, 2.05) is 0 Å². The highest BCUT2D eigenvalue weighted by Gasteiger charge is 2.31. The molecule has 0 radical (unpaired) electrons. The highest BCUT2D eigenvalue weighted by Crippen LogP contribution is 2.30. The maximum absolute atomic E-state index is 12.3. The van der Waals surface area contributed by atoms with Crippen molar-refractivity contribution in [1.29, 1.82) is 0 Å². The molecule has 7 heteroatoms. The predicted octanol–water partition coefficient (Wildman–Crippen LogP) is 1.33. The van der Waals surface area contributed by atoms with Crippen molar-refractivity contribution in [3.63, 3.8) is 0 Å². The molecule has 0 saturated carbocycles. The Morgan fingerprint density at radius 1 is 1.29 bits per heavy atom. The number of halogens is 3. The molecule has 2 N–H and O–H groups in total. The second-order valence-electron chi connectivity index (χ2n) is 2.70. The van der Waals surface area contributed by atoms with Gasteiger partial charge in [-0.25, -0.2) is 4.98 Å². The number of rotatable bonds is 0. The van der Waals surface area contributed by atoms with E-state index in [2.05, 4.69) is 10.1 Å². The molecule has 0 atom stereocenters. The van der Waals surface area contributed by atoms with Crippen LogP contribution in [0, 0.1) is 0 Å². The maximum Gasteiger partial charge on any atom is 0.416 e. The Morgan fingerprint density at radius 3 is 2.64 bits per heavy atom. The first-order chi connectivity index (χ1) is 6.48. The Bertz CT molecular complexity index is 473. The van der Waals surface area contributed by atoms with Gasteiger partial charge in [0.2, 0.25) is 0 Å². The number of alkyl halides is 3. The molecule has 74 valence electrons. The second-order valence-corrected chi connectivity index (χ2v) is 2.70. The fourth-order valence-corrected chi connectivity index (χ4v) is 1.11. The van der Waals surface area contributed by atoms with E-state index in [-0.39, 0.29) is 11.5 Å². The molecule has 0 aliphatic rings. The van der Waals surface area contributed by atoms with Gasteiger partial charge in [-0.1, -0.05) is 0 Å². The lowest BCUT2D eigenvalue weighted by Crippen LogP contribution is -2.08. The summed E-state index contributed by atoms with van der Waals surface area (Å²) in [7, 11) is 0. The highest BCUT2D eigenvalue weighted by molar-refractivity contribution is 5.50. The van der Waals surface area contributed by atoms with Gasteiger partial charge >= 0.3 is 6.18 Å². The summed E-state index contributed by atoms with van der Waals surface area (Å²) in [5.74, 6) is -0.0904. The van der Waals surface area contributed by atoms with Gasteiger partial charge in [-0.3, -0.25) is 0 Å². The lowest BCUT2D eigenvalue weighted by molar-refractivity contribution is -0.137. The number of anilines is 1. The minimum atomic E-state index is -4.41. The summed E-state index contributed by atoms with van der Waals surface area (Å²) >= 11 is 0. The molecule has 0 fully saturated rings. The minimum absolute atomic E-state index is 0.0809. The summed E-state index contributed by atoms with van der Waals surface area (Å²) in [5, 5.41) is 3.65. The smallest absolute Gasteiger partial charge is 0.384 e. The molecule has 14 heavy (non-hydrogen) atoms. The van der Waals surface area contributed by atoms with Gasteiger partial charge in [-0.05, 0) is 12.1 Å². The Hall–Kier alpha value is -1.79. The Kier molecular flexibility index (Phi) is 1.63. The number of nitrogens with zero attached hydrogens (tertiary/aromatic N) is 3. The zero-order valence-electron chi connectivity index (χ0n) is 6.78. The molecule has 0 aromatic carbocycles. The van der Waals surface area contributed by atoms with E-state index in [1.54, 1.807) is 0 Å². The summed E-state index contributed by atoms with van der Waals surface area (Å²) in [5.41, 5.74) is 4.62. The molecule has 0 saturated heterocycles. The van der Waals surface area contributed by atoms with Crippen LogP contribution in [0.4, 0.5) is 19.0 Å². The molecule has 2 heterocycles. The van der Waals surface area contributed by atoms with Gasteiger partial charge in [0.15, 0.2) is 5.65 Å². The fraction of sp³-hybridized carbons (Fsp3) is 0.143. The monoisotopic (exact) mass is 202 g/mol. The predicted molar refractivity (Wildman–Crippen MR) is 42.4 cm³/mol. The largest absolute Gasteiger partial charge is 0.416 e. The number of aromatic nitrogens is 3. The van der Waals surface area contributed by atoms with Gasteiger partial charge in [0.25, 0.3) is 0 Å². The van der Waals surface area contributed by atoms with Crippen molar-refractivity contribution in [2.75, 3.05) is 5.73 Å². The van der Waals surface area contributed by atoms with Gasteiger partial charge in [-0.15, -0.1) is 0 Å². The number of fused-ring (bicyclic) bond motifs is 1. The van der Waals surface area contributed by atoms with E-state index < -0.39 is 11.7 Å². The standard InChI is InChI=1S/C7H5F3N4/c8-7(9,10)4-1-5(11)14-6(2-4)12-3-13-14/h1-3H,11H2. The van der Waals surface area contributed by atoms with Crippen LogP contribution >= 0.6 is 0 Å². The summed E-state index contributed by atoms with van der Waals surface area (Å²) in [6, 6.07) is 1.71. The van der Waals surface area contributed by atoms with Crippen LogP contribution in [0.3, 0.4) is 0 Å². The third kappa shape index (κ3) is 1.26. The summed E-state index contributed by atoms with van der Waals surface area (Å²) in [6.45, 7) is 0. The number of pyridine rings is 1. The van der Waals surface area contributed by atoms with Gasteiger partial charge in [-0.2, -0.15) is 22.8 Å². The average molecular weight is 202 g/mol. The lowest BCUT2D eigenvalue weighted by Gasteiger charge is -2.07. The first kappa shape index (κ1) is 8.79. The first-order valence-corrected chi connectivity index (χ1v) is 3.65. The molecule has 4 nitrogen and oxygen atoms in total. The Balaban J connectivity index is 2.70. The zero-order chi connectivity index (χ0) is 10.3. The second kappa shape index (κ2) is 2.60. The fourth-order valence-electron chi connectivity index (χ4n) is 1.11. The number of hydrogen-bond acceptors (Lipinski definition) is 3. The van der Waals surface area contributed by atoms with Crippen LogP contribution in [-0.2, 0) is 6.18 Å². The molecular weight excluding hydrogens is 197 g/mol. The summed E-state index contributed by atoms with van der Waals surface area (Å²) in [6.07, 6.45) is -3.27. The molecule has 0 aliphatic carbocycles. The normalized spacial score (nSPS) is 12.2. The van der Waals surface area contributed by atoms with Crippen LogP contribution in [-0.4, -0.2) is 14.6 Å². The SMILES string of the molecule is Nc1cc(C(F)(F)F)cc2ncnn12. The van der Waals surface area contributed by atoms with Crippen molar-refractivity contribution < 1.29 is 13.2 Å². The zero-order valence-corrected chi connectivity index (χ0v) is 6.78. The Labute approximate surface area is 76.2 Å². The average Bonchev–Trinajstić information content (AvgIpc) is 2.50. The summed E-state index contributed by atoms with van der Waals surface area (Å²) < 4.78 is 38.0. The van der Waals surface area contributed by atoms with Crippen LogP contribution in [0.25, 0.3) is 5.65 Å². The van der Waals surface area contributed by atoms with Crippen molar-refractivity contribution in [3.8, 4) is 0 Å². The third-order valence-corrected chi connectivity index (χ3v) is 1.73. The Morgan fingerprint density at radius 2 is 2.00 bits per heavy atom. The topological polar surface area (TPSA) is 56.2 Å². The number of nitrogen functional groups attached to an aromatic ring is 1. The van der Waals surface area contributed by atoms with Gasteiger partial charge in [0.1, 0.15) is 12.1 Å². The quantitative estimate of drug-likeness (QED) is 0.701. The van der Waals surface area contributed by atoms with E-state index in [9.17, 15) is 13.2 Å². The van der Waals surface area contributed by atoms with E-state index in [4.69, 9.17) is 5.73 Å². The van der Waals surface area contributed by atoms with Crippen molar-refractivity contribution in [3.05, 3.63) is 24.0 Å². The minimum Gasteiger partial charge on any atom is -0.384 e. The van der Waals surface area contributed by atoms with Gasteiger partial charge < -0.3 is 5.73 Å². The highest BCUT2D eigenvalue weighted by atomic mass is 19.4. The molecule has 0 amide bonds. The number of nitrogens with two attached hydrogens (primary N) is 1. The van der Waals surface area contributed by atoms with E-state index in [0.717, 1.165) is 23.0 Å². The number of hydrogen-bond donors (Lipinski definition) is 1. The maximum atomic E-state index is 12.3. The molecule has 2 aromatic rings. The van der Waals surface area contributed by atoms with Crippen molar-refractivity contribution >= 4 is 11.5 Å². The lowest BCUT2D eigenvalue weighted by atomic mass is 10.2. The third-order valence-electron chi connectivity index (χ3n) is 1.73. The van der Waals surface area contributed by atoms with Crippen LogP contribution in [0.1, 0.15) is 5.56 Å². The van der Waals surface area contributed by atoms with Crippen molar-refractivity contribution in [2.24, 2.45) is 0 Å². The van der Waals surface area contributed by atoms with Crippen LogP contribution in [0.2, 0.25) is 0 Å². The van der Waals surface area contributed by atoms with E-state index in [0.29, 0.717) is 0 Å². The molecule has 2 aromatic heterocycles. The molecular formula is C7H5F3N4. The van der Waals surface area contributed by atoms with E-state index >= 15 is 0 Å². The molecule has 0 aliphatic heterocycles. The molecule has 0 bridgehead atoms. The molecule has 0 unspecified atom stereocenters. The van der Waals surface area contributed by atoms with Crippen molar-refractivity contribution in [2.45, 2.75) is 6.18 Å². The van der Waals surface area contributed by atoms with Gasteiger partial charge in [0.05, 0.1) is 5.56 Å². The summed E-state index contributed by atoms with van der Waals surface area (Å²) in [4.78, 5) is 3.63. The van der Waals surface area contributed by atoms with E-state index in [1.165, 1.54) is 0 Å².